The van der Waals surface area contributed by atoms with E-state index in [1.165, 1.54) is 0 Å². The molecule has 1 heterocycles. The first-order valence-corrected chi connectivity index (χ1v) is 8.25. The van der Waals surface area contributed by atoms with Crippen molar-refractivity contribution in [3.8, 4) is 0 Å². The van der Waals surface area contributed by atoms with E-state index in [4.69, 9.17) is 5.73 Å². The smallest absolute Gasteiger partial charge is 0.240 e. The number of sulfonamides is 1. The van der Waals surface area contributed by atoms with E-state index in [0.29, 0.717) is 0 Å². The maximum Gasteiger partial charge on any atom is 0.240 e. The van der Waals surface area contributed by atoms with Crippen molar-refractivity contribution in [2.24, 2.45) is 5.73 Å². The Bertz CT molecular complexity index is 687. The van der Waals surface area contributed by atoms with Gasteiger partial charge in [0.15, 0.2) is 0 Å². The minimum absolute atomic E-state index is 0.154. The summed E-state index contributed by atoms with van der Waals surface area (Å²) < 4.78 is 27.2. The molecule has 112 valence electrons. The van der Waals surface area contributed by atoms with E-state index >= 15 is 0 Å². The molecule has 21 heavy (non-hydrogen) atoms. The van der Waals surface area contributed by atoms with Gasteiger partial charge in [-0.15, -0.1) is 0 Å². The molecule has 0 bridgehead atoms. The number of aromatic nitrogens is 1. The summed E-state index contributed by atoms with van der Waals surface area (Å²) in [5, 5.41) is 0. The van der Waals surface area contributed by atoms with Crippen molar-refractivity contribution in [1.82, 2.24) is 9.71 Å². The monoisotopic (exact) mass is 305 g/mol. The molecular formula is C15H19N3O2S. The SMILES string of the molecule is CCC(N)c1cccc(S(=O)(=O)NCc2cccnc2)c1. The molecule has 1 unspecified atom stereocenters. The third-order valence-corrected chi connectivity index (χ3v) is 4.62. The summed E-state index contributed by atoms with van der Waals surface area (Å²) in [4.78, 5) is 4.18. The first-order valence-electron chi connectivity index (χ1n) is 6.77. The average molecular weight is 305 g/mol. The molecule has 0 aliphatic rings. The van der Waals surface area contributed by atoms with Crippen molar-refractivity contribution >= 4 is 10.0 Å². The molecule has 0 radical (unpaired) electrons. The Morgan fingerprint density at radius 2 is 2.10 bits per heavy atom. The number of hydrogen-bond donors (Lipinski definition) is 2. The zero-order chi connectivity index (χ0) is 15.3. The van der Waals surface area contributed by atoms with Crippen LogP contribution in [-0.4, -0.2) is 13.4 Å². The van der Waals surface area contributed by atoms with Gasteiger partial charge < -0.3 is 5.73 Å². The average Bonchev–Trinajstić information content (AvgIpc) is 2.53. The zero-order valence-electron chi connectivity index (χ0n) is 11.9. The first-order chi connectivity index (χ1) is 10.0. The number of nitrogens with zero attached hydrogens (tertiary/aromatic N) is 1. The first kappa shape index (κ1) is 15.6. The molecule has 2 rings (SSSR count). The van der Waals surface area contributed by atoms with E-state index in [2.05, 4.69) is 9.71 Å². The highest BCUT2D eigenvalue weighted by Gasteiger charge is 2.15. The van der Waals surface area contributed by atoms with Gasteiger partial charge in [0, 0.05) is 25.0 Å². The lowest BCUT2D eigenvalue weighted by atomic mass is 10.1. The van der Waals surface area contributed by atoms with Crippen LogP contribution in [0.1, 0.15) is 30.5 Å². The Morgan fingerprint density at radius 3 is 2.76 bits per heavy atom. The van der Waals surface area contributed by atoms with Gasteiger partial charge in [-0.1, -0.05) is 25.1 Å². The van der Waals surface area contributed by atoms with Crippen LogP contribution in [0.15, 0.2) is 53.7 Å². The van der Waals surface area contributed by atoms with Crippen LogP contribution in [-0.2, 0) is 16.6 Å². The third kappa shape index (κ3) is 4.10. The van der Waals surface area contributed by atoms with Crippen LogP contribution in [0.5, 0.6) is 0 Å². The molecule has 0 amide bonds. The van der Waals surface area contributed by atoms with E-state index in [9.17, 15) is 8.42 Å². The van der Waals surface area contributed by atoms with E-state index in [0.717, 1.165) is 17.5 Å². The quantitative estimate of drug-likeness (QED) is 0.854. The van der Waals surface area contributed by atoms with E-state index < -0.39 is 10.0 Å². The van der Waals surface area contributed by atoms with Crippen molar-refractivity contribution in [2.45, 2.75) is 30.8 Å². The highest BCUT2D eigenvalue weighted by molar-refractivity contribution is 7.89. The third-order valence-electron chi connectivity index (χ3n) is 3.23. The molecule has 6 heteroatoms. The number of hydrogen-bond acceptors (Lipinski definition) is 4. The van der Waals surface area contributed by atoms with Crippen molar-refractivity contribution < 1.29 is 8.42 Å². The second-order valence-electron chi connectivity index (χ2n) is 4.77. The fourth-order valence-electron chi connectivity index (χ4n) is 1.91. The van der Waals surface area contributed by atoms with Crippen molar-refractivity contribution in [2.75, 3.05) is 0 Å². The number of rotatable bonds is 6. The van der Waals surface area contributed by atoms with Gasteiger partial charge in [-0.25, -0.2) is 13.1 Å². The maximum atomic E-state index is 12.3. The van der Waals surface area contributed by atoms with Crippen molar-refractivity contribution in [3.05, 3.63) is 59.9 Å². The number of nitrogens with two attached hydrogens (primary N) is 1. The molecule has 1 aromatic heterocycles. The molecular weight excluding hydrogens is 286 g/mol. The molecule has 0 aliphatic carbocycles. The number of nitrogens with one attached hydrogen (secondary N) is 1. The lowest BCUT2D eigenvalue weighted by molar-refractivity contribution is 0.580. The van der Waals surface area contributed by atoms with Gasteiger partial charge in [0.25, 0.3) is 0 Å². The highest BCUT2D eigenvalue weighted by Crippen LogP contribution is 2.18. The molecule has 3 N–H and O–H groups in total. The summed E-state index contributed by atoms with van der Waals surface area (Å²) >= 11 is 0. The summed E-state index contributed by atoms with van der Waals surface area (Å²) in [6.07, 6.45) is 4.03. The molecule has 1 atom stereocenters. The Labute approximate surface area is 125 Å². The second-order valence-corrected chi connectivity index (χ2v) is 6.54. The largest absolute Gasteiger partial charge is 0.324 e. The predicted molar refractivity (Wildman–Crippen MR) is 81.9 cm³/mol. The highest BCUT2D eigenvalue weighted by atomic mass is 32.2. The maximum absolute atomic E-state index is 12.3. The number of benzene rings is 1. The fraction of sp³-hybridized carbons (Fsp3) is 0.267. The van der Waals surface area contributed by atoms with Gasteiger partial charge >= 0.3 is 0 Å². The summed E-state index contributed by atoms with van der Waals surface area (Å²) in [6.45, 7) is 2.17. The minimum atomic E-state index is -3.56. The van der Waals surface area contributed by atoms with E-state index in [-0.39, 0.29) is 17.5 Å². The van der Waals surface area contributed by atoms with Gasteiger partial charge in [0.1, 0.15) is 0 Å². The second kappa shape index (κ2) is 6.80. The van der Waals surface area contributed by atoms with E-state index in [1.807, 2.05) is 19.1 Å². The Kier molecular flexibility index (Phi) is 5.06. The summed E-state index contributed by atoms with van der Waals surface area (Å²) in [5.74, 6) is 0. The summed E-state index contributed by atoms with van der Waals surface area (Å²) in [5.41, 5.74) is 7.58. The molecule has 2 aromatic rings. The van der Waals surface area contributed by atoms with Gasteiger partial charge in [0.2, 0.25) is 10.0 Å². The predicted octanol–water partition coefficient (Wildman–Crippen LogP) is 1.97. The van der Waals surface area contributed by atoms with Gasteiger partial charge in [0.05, 0.1) is 4.90 Å². The Morgan fingerprint density at radius 1 is 1.29 bits per heavy atom. The molecule has 0 saturated carbocycles. The lowest BCUT2D eigenvalue weighted by Crippen LogP contribution is -2.23. The fourth-order valence-corrected chi connectivity index (χ4v) is 2.98. The van der Waals surface area contributed by atoms with Gasteiger partial charge in [-0.3, -0.25) is 4.98 Å². The van der Waals surface area contributed by atoms with Crippen LogP contribution in [0.2, 0.25) is 0 Å². The molecule has 0 spiro atoms. The topological polar surface area (TPSA) is 85.1 Å². The standard InChI is InChI=1S/C15H19N3O2S/c1-2-15(16)13-6-3-7-14(9-13)21(19,20)18-11-12-5-4-8-17-10-12/h3-10,15,18H,2,11,16H2,1H3. The molecule has 1 aromatic carbocycles. The Balaban J connectivity index is 2.16. The van der Waals surface area contributed by atoms with Crippen LogP contribution in [0.3, 0.4) is 0 Å². The van der Waals surface area contributed by atoms with Gasteiger partial charge in [-0.05, 0) is 35.7 Å². The summed E-state index contributed by atoms with van der Waals surface area (Å²) in [6, 6.07) is 10.2. The minimum Gasteiger partial charge on any atom is -0.324 e. The number of pyridine rings is 1. The zero-order valence-corrected chi connectivity index (χ0v) is 12.7. The van der Waals surface area contributed by atoms with Crippen LogP contribution in [0.4, 0.5) is 0 Å². The molecule has 5 nitrogen and oxygen atoms in total. The van der Waals surface area contributed by atoms with Crippen LogP contribution < -0.4 is 10.5 Å². The summed E-state index contributed by atoms with van der Waals surface area (Å²) in [7, 11) is -3.56. The van der Waals surface area contributed by atoms with Crippen LogP contribution >= 0.6 is 0 Å². The lowest BCUT2D eigenvalue weighted by Gasteiger charge is -2.12. The van der Waals surface area contributed by atoms with Crippen LogP contribution in [0.25, 0.3) is 0 Å². The van der Waals surface area contributed by atoms with Crippen LogP contribution in [0, 0.1) is 0 Å². The molecule has 0 saturated heterocycles. The van der Waals surface area contributed by atoms with Crippen molar-refractivity contribution in [1.29, 1.82) is 0 Å². The normalized spacial score (nSPS) is 13.0. The molecule has 0 fully saturated rings. The van der Waals surface area contributed by atoms with Crippen molar-refractivity contribution in [3.63, 3.8) is 0 Å². The van der Waals surface area contributed by atoms with Gasteiger partial charge in [-0.2, -0.15) is 0 Å². The van der Waals surface area contributed by atoms with E-state index in [1.54, 1.807) is 36.7 Å². The Hall–Kier alpha value is -1.76. The molecule has 0 aliphatic heterocycles.